The number of aromatic nitrogens is 8. The molecule has 110 heavy (non-hydrogen) atoms. The maximum atomic E-state index is 12.9. The first-order valence-electron chi connectivity index (χ1n) is 36.5. The fourth-order valence-corrected chi connectivity index (χ4v) is 16.7. The minimum Gasteiger partial charge on any atom is -0.393 e. The van der Waals surface area contributed by atoms with Gasteiger partial charge in [0.15, 0.2) is 48.7 Å². The molecule has 4 saturated heterocycles. The largest absolute Gasteiger partial charge is 0.393 e. The van der Waals surface area contributed by atoms with Crippen molar-refractivity contribution in [3.63, 3.8) is 0 Å². The quantitative estimate of drug-likeness (QED) is 0.0469. The number of carbonyl (C=O) groups excluding carboxylic acids is 3. The highest BCUT2D eigenvalue weighted by Gasteiger charge is 2.61. The summed E-state index contributed by atoms with van der Waals surface area (Å²) in [5.41, 5.74) is 0.509. The van der Waals surface area contributed by atoms with Gasteiger partial charge in [0, 0.05) is 97.6 Å². The van der Waals surface area contributed by atoms with E-state index >= 15 is 0 Å². The van der Waals surface area contributed by atoms with Gasteiger partial charge < -0.3 is 60.1 Å². The second-order valence-corrected chi connectivity index (χ2v) is 30.7. The standard InChI is InChI=1S/C24H38N7O6P.C16H23N5O4.C15H21N5O5.C14H21N5O3/c1-8-24-13-26-22(27-17(7)32)28-18(21(36-24)30-12-16(6)20(33)29-23(30)34)19(24)37-38(35-11-9-10-25)31(14(2)3)15(4)5;1-5-16-7-17-14(18-10(4)22)19-11(9(16)3)13(25-16)21-6-8(2)12(23)20-15(21)24;1-7-4-20(14(24)19-11(7)23)12-10-8(2)15(6-21,25-12)5-16-13(18-10)17-9(3)22;1-4-14-6-16-12(15)17-9(8(14)3)11(22-14)19-5-7(2)10(20)18-13(19)21/h12,14-15,18-19,21H,8-9,11,13H2,1-7H3,(H,29,33,34)(H2,26,27,28,32);6,9,11,13H,5,7H2,1-4H3,(H,20,23,24)(H2,17,18,19,22);4,8,10,12,21H,5-6H2,1-3H3,(H,19,23,24)(H2,16,17,18,22);5,8-9,11H,4,6H2,1-3H3,(H3,15,16,17)(H,18,20,21)/t18-,19?,21+,24-,38?;9?,11-,13+,16-;8?,10-,12+,15+;8?,9-,11+,14-/m0000/s1. The molecule has 0 aliphatic carbocycles. The summed E-state index contributed by atoms with van der Waals surface area (Å²) in [6.07, 6.45) is 4.61. The Morgan fingerprint density at radius 3 is 1.21 bits per heavy atom. The van der Waals surface area contributed by atoms with Gasteiger partial charge in [-0.25, -0.2) is 38.8 Å². The number of H-pyrrole nitrogens is 4. The van der Waals surface area contributed by atoms with Gasteiger partial charge in [-0.15, -0.1) is 0 Å². The number of fused-ring (bicyclic) bond motifs is 8. The van der Waals surface area contributed by atoms with Gasteiger partial charge in [0.2, 0.25) is 17.7 Å². The van der Waals surface area contributed by atoms with E-state index in [1.165, 1.54) is 63.8 Å². The third-order valence-corrected chi connectivity index (χ3v) is 23.5. The normalized spacial score (nSPS) is 29.7. The molecule has 0 spiro atoms. The van der Waals surface area contributed by atoms with E-state index < -0.39 is 113 Å². The summed E-state index contributed by atoms with van der Waals surface area (Å²) in [6, 6.07) is 0.655. The average Bonchev–Trinajstić information content (AvgIpc) is 1.60. The summed E-state index contributed by atoms with van der Waals surface area (Å²) in [5, 5.41) is 39.6. The average molecular weight is 1560 g/mol. The van der Waals surface area contributed by atoms with Crippen LogP contribution < -0.4 is 87.9 Å². The van der Waals surface area contributed by atoms with Crippen molar-refractivity contribution in [1.29, 1.82) is 5.26 Å². The molecular weight excluding hydrogens is 1460 g/mol. The van der Waals surface area contributed by atoms with E-state index in [-0.39, 0.29) is 110 Å². The molecule has 4 aromatic heterocycles. The lowest BCUT2D eigenvalue weighted by Gasteiger charge is -2.40. The number of hydrogen-bond donors (Lipinski definition) is 13. The molecule has 0 radical (unpaired) electrons. The van der Waals surface area contributed by atoms with Crippen molar-refractivity contribution in [2.75, 3.05) is 39.4 Å². The number of aryl methyl sites for hydroxylation is 4. The number of aromatic amines is 4. The number of guanidine groups is 4. The molecule has 40 nitrogen and oxygen atoms in total. The topological polar surface area (TPSA) is 533 Å². The summed E-state index contributed by atoms with van der Waals surface area (Å²) in [6.45, 7) is 31.8. The Kier molecular flexibility index (Phi) is 26.4. The number of nitrogens with two attached hydrogens (primary N) is 1. The Morgan fingerprint density at radius 2 is 0.864 bits per heavy atom. The molecule has 602 valence electrons. The highest BCUT2D eigenvalue weighted by molar-refractivity contribution is 7.44. The summed E-state index contributed by atoms with van der Waals surface area (Å²) < 4.78 is 45.6. The van der Waals surface area contributed by atoms with Crippen molar-refractivity contribution in [2.24, 2.45) is 43.5 Å². The number of nitriles is 1. The number of aliphatic hydroxyl groups is 1. The third kappa shape index (κ3) is 17.4. The first-order chi connectivity index (χ1) is 51.8. The molecule has 3 amide bonds. The van der Waals surface area contributed by atoms with E-state index in [2.05, 4.69) is 94.8 Å². The third-order valence-electron chi connectivity index (χ3n) is 21.3. The van der Waals surface area contributed by atoms with Crippen molar-refractivity contribution in [3.05, 3.63) is 130 Å². The van der Waals surface area contributed by atoms with Crippen molar-refractivity contribution in [1.82, 2.24) is 80.1 Å². The van der Waals surface area contributed by atoms with Crippen molar-refractivity contribution >= 4 is 50.1 Å². The minimum absolute atomic E-state index is 0.0386. The number of nitrogens with zero attached hydrogens (tertiary/aromatic N) is 10. The van der Waals surface area contributed by atoms with Crippen LogP contribution in [0.25, 0.3) is 0 Å². The Morgan fingerprint density at radius 1 is 0.555 bits per heavy atom. The molecule has 4 aromatic rings. The first kappa shape index (κ1) is 84.4. The number of aliphatic imine (C=N–C) groups is 4. The molecule has 12 heterocycles. The summed E-state index contributed by atoms with van der Waals surface area (Å²) in [4.78, 5) is 158. The molecule has 8 aliphatic rings. The molecule has 0 aromatic carbocycles. The van der Waals surface area contributed by atoms with E-state index in [4.69, 9.17) is 39.0 Å². The Bertz CT molecular complexity index is 4640. The van der Waals surface area contributed by atoms with Crippen LogP contribution in [0.4, 0.5) is 0 Å². The van der Waals surface area contributed by atoms with E-state index in [9.17, 15) is 57.8 Å². The van der Waals surface area contributed by atoms with Gasteiger partial charge in [0.05, 0.1) is 81.2 Å². The van der Waals surface area contributed by atoms with Crippen LogP contribution in [-0.4, -0.2) is 194 Å². The maximum Gasteiger partial charge on any atom is 0.330 e. The van der Waals surface area contributed by atoms with Crippen molar-refractivity contribution < 1.29 is 47.5 Å². The molecular formula is C69H103N22O18P. The van der Waals surface area contributed by atoms with Crippen LogP contribution in [-0.2, 0) is 42.4 Å². The van der Waals surface area contributed by atoms with Gasteiger partial charge in [-0.1, -0.05) is 41.5 Å². The predicted molar refractivity (Wildman–Crippen MR) is 404 cm³/mol. The van der Waals surface area contributed by atoms with Gasteiger partial charge in [0.1, 0.15) is 23.3 Å². The van der Waals surface area contributed by atoms with Crippen LogP contribution in [0.1, 0.15) is 163 Å². The van der Waals surface area contributed by atoms with Gasteiger partial charge in [-0.05, 0) is 74.7 Å². The van der Waals surface area contributed by atoms with Crippen LogP contribution in [0.3, 0.4) is 0 Å². The van der Waals surface area contributed by atoms with E-state index in [1.54, 1.807) is 27.7 Å². The summed E-state index contributed by atoms with van der Waals surface area (Å²) in [7, 11) is -1.66. The molecule has 41 heteroatoms. The Balaban J connectivity index is 0.000000173. The lowest BCUT2D eigenvalue weighted by atomic mass is 9.84. The number of rotatable bonds is 16. The zero-order valence-electron chi connectivity index (χ0n) is 64.8. The van der Waals surface area contributed by atoms with Crippen LogP contribution in [0.2, 0.25) is 0 Å². The smallest absolute Gasteiger partial charge is 0.330 e. The van der Waals surface area contributed by atoms with E-state index in [0.717, 1.165) is 6.42 Å². The lowest BCUT2D eigenvalue weighted by molar-refractivity contribution is -0.118. The van der Waals surface area contributed by atoms with Gasteiger partial charge in [-0.2, -0.15) is 5.26 Å². The number of nitrogens with one attached hydrogen (secondary N) is 11. The number of ether oxygens (including phenoxy) is 4. The molecule has 14 N–H and O–H groups in total. The molecule has 8 bridgehead atoms. The van der Waals surface area contributed by atoms with Crippen LogP contribution in [0.15, 0.2) is 83.1 Å². The Hall–Kier alpha value is -9.59. The fourth-order valence-electron chi connectivity index (χ4n) is 14.9. The summed E-state index contributed by atoms with van der Waals surface area (Å²) >= 11 is 0. The highest BCUT2D eigenvalue weighted by Crippen LogP contribution is 2.54. The lowest BCUT2D eigenvalue weighted by Crippen LogP contribution is -2.53. The van der Waals surface area contributed by atoms with Crippen molar-refractivity contribution in [2.45, 2.75) is 233 Å². The van der Waals surface area contributed by atoms with Crippen molar-refractivity contribution in [3.8, 4) is 6.07 Å². The summed E-state index contributed by atoms with van der Waals surface area (Å²) in [5.74, 6) is 0.368. The Labute approximate surface area is 632 Å². The zero-order chi connectivity index (χ0) is 81.0. The van der Waals surface area contributed by atoms with Crippen LogP contribution in [0, 0.1) is 56.8 Å². The molecule has 12 rings (SSSR count). The second kappa shape index (κ2) is 34.4. The van der Waals surface area contributed by atoms with Crippen LogP contribution in [0.5, 0.6) is 0 Å². The molecule has 8 aliphatic heterocycles. The van der Waals surface area contributed by atoms with Gasteiger partial charge in [0.25, 0.3) is 30.8 Å². The van der Waals surface area contributed by atoms with Gasteiger partial charge in [-0.3, -0.25) is 92.7 Å². The fraction of sp³-hybridized carbons (Fsp3) is 0.652. The molecule has 4 fully saturated rings. The highest BCUT2D eigenvalue weighted by atomic mass is 31.2. The zero-order valence-corrected chi connectivity index (χ0v) is 65.7. The molecule has 5 unspecified atom stereocenters. The molecule has 0 saturated carbocycles. The van der Waals surface area contributed by atoms with E-state index in [1.807, 2.05) is 62.3 Å². The number of aliphatic hydroxyl groups excluding tert-OH is 1. The second-order valence-electron chi connectivity index (χ2n) is 29.3. The predicted octanol–water partition coefficient (Wildman–Crippen LogP) is -1.08. The van der Waals surface area contributed by atoms with Crippen LogP contribution >= 0.6 is 8.53 Å². The molecule has 17 atom stereocenters. The number of amides is 3. The maximum absolute atomic E-state index is 12.9. The first-order valence-corrected chi connectivity index (χ1v) is 37.7. The van der Waals surface area contributed by atoms with E-state index in [0.29, 0.717) is 60.1 Å². The number of carbonyl (C=O) groups is 3. The minimum atomic E-state index is -1.66. The number of hydrogen-bond acceptors (Lipinski definition) is 29. The SMILES string of the molecule is CC(=O)NC1=NC[C@]2(CO)O[C@@H](n3cc(C)c(=O)[nH]c3=O)[C@@H](N1)C2C.CC[C@]12CN=C(N)N[C@@H](C1C)[C@H](n1cc(C)c(=O)[nH]c1=O)O2.CC[C@]12CN=C(NC(C)=O)N[C@@H](C1C)[C@H](n1cc(C)c(=O)[nH]c1=O)O2.CC[C@]12CN=C(NC(C)=O)N[C@@H](C1OP(OCCC#N)N(C(C)C)C(C)C)[C@H](n1cc(C)c(=O)[nH]c1=O)O2. The van der Waals surface area contributed by atoms with Gasteiger partial charge >= 0.3 is 22.8 Å². The monoisotopic (exact) mass is 1560 g/mol.